The number of benzene rings is 2. The number of aromatic nitrogens is 3. The van der Waals surface area contributed by atoms with Crippen molar-refractivity contribution in [2.24, 2.45) is 0 Å². The Bertz CT molecular complexity index is 1490. The molecule has 1 fully saturated rings. The maximum absolute atomic E-state index is 13.5. The molecule has 0 radical (unpaired) electrons. The number of carbonyl (C=O) groups excluding carboxylic acids is 2. The van der Waals surface area contributed by atoms with Crippen LogP contribution in [0.4, 0.5) is 5.82 Å². The summed E-state index contributed by atoms with van der Waals surface area (Å²) in [5.74, 6) is -0.161. The predicted octanol–water partition coefficient (Wildman–Crippen LogP) is 3.43. The van der Waals surface area contributed by atoms with Crippen LogP contribution in [0.1, 0.15) is 35.8 Å². The third-order valence-corrected chi connectivity index (χ3v) is 7.18. The summed E-state index contributed by atoms with van der Waals surface area (Å²) in [5, 5.41) is 16.7. The minimum atomic E-state index is -1.01. The summed E-state index contributed by atoms with van der Waals surface area (Å²) in [5.41, 5.74) is 1.44. The molecule has 10 nitrogen and oxygen atoms in total. The van der Waals surface area contributed by atoms with Crippen LogP contribution in [0.2, 0.25) is 0 Å². The fourth-order valence-electron chi connectivity index (χ4n) is 5.04. The minimum absolute atomic E-state index is 0.121. The second kappa shape index (κ2) is 10.9. The normalized spacial score (nSPS) is 14.6. The molecule has 10 heteroatoms. The first-order chi connectivity index (χ1) is 18.9. The number of aromatic amines is 1. The van der Waals surface area contributed by atoms with E-state index in [-0.39, 0.29) is 11.8 Å². The fourth-order valence-corrected chi connectivity index (χ4v) is 5.04. The number of nitrogens with one attached hydrogen (secondary N) is 3. The van der Waals surface area contributed by atoms with E-state index < -0.39 is 11.4 Å². The Morgan fingerprint density at radius 2 is 1.64 bits per heavy atom. The van der Waals surface area contributed by atoms with Crippen molar-refractivity contribution in [3.63, 3.8) is 0 Å². The van der Waals surface area contributed by atoms with Gasteiger partial charge in [-0.05, 0) is 24.5 Å². The number of rotatable bonds is 8. The molecule has 1 saturated heterocycles. The number of H-pyrrole nitrogens is 1. The molecule has 2 amide bonds. The molecule has 1 aliphatic rings. The molecule has 0 atom stereocenters. The molecule has 0 bridgehead atoms. The third kappa shape index (κ3) is 5.31. The van der Waals surface area contributed by atoms with Gasteiger partial charge < -0.3 is 25.6 Å². The highest BCUT2D eigenvalue weighted by molar-refractivity contribution is 6.00. The van der Waals surface area contributed by atoms with Crippen molar-refractivity contribution in [1.82, 2.24) is 25.2 Å². The van der Waals surface area contributed by atoms with E-state index in [1.54, 1.807) is 11.0 Å². The van der Waals surface area contributed by atoms with Gasteiger partial charge in [0.15, 0.2) is 5.82 Å². The van der Waals surface area contributed by atoms with Crippen molar-refractivity contribution in [3.05, 3.63) is 78.0 Å². The second-order valence-electron chi connectivity index (χ2n) is 9.66. The molecule has 0 aliphatic carbocycles. The number of hydrogen-bond donors (Lipinski definition) is 4. The van der Waals surface area contributed by atoms with Gasteiger partial charge in [-0.3, -0.25) is 14.4 Å². The lowest BCUT2D eigenvalue weighted by Crippen LogP contribution is -2.49. The van der Waals surface area contributed by atoms with Crippen molar-refractivity contribution in [3.8, 4) is 11.4 Å². The lowest BCUT2D eigenvalue weighted by molar-refractivity contribution is -0.145. The van der Waals surface area contributed by atoms with Crippen molar-refractivity contribution >= 4 is 34.6 Å². The fraction of sp³-hybridized carbons (Fsp3) is 0.276. The molecule has 1 aliphatic heterocycles. The van der Waals surface area contributed by atoms with Gasteiger partial charge >= 0.3 is 5.97 Å². The van der Waals surface area contributed by atoms with Gasteiger partial charge in [-0.2, -0.15) is 0 Å². The summed E-state index contributed by atoms with van der Waals surface area (Å²) in [6, 6.07) is 20.5. The topological polar surface area (TPSA) is 140 Å². The van der Waals surface area contributed by atoms with Crippen LogP contribution in [-0.2, 0) is 15.0 Å². The SMILES string of the molecule is CC(=O)NCCNc1nc(-c2ccccc2)nc2[nH]c(C(=O)N3CCC(C(=O)O)(c4ccccc4)CC3)cc12. The number of piperidine rings is 1. The Kier molecular flexibility index (Phi) is 7.27. The standard InChI is InChI=1S/C29H30N6O4/c1-19(36)30-14-15-31-25-22-18-23(32-26(22)34-24(33-25)20-8-4-2-5-9-20)27(37)35-16-12-29(13-17-35,28(38)39)21-10-6-3-7-11-21/h2-11,18H,12-17H2,1H3,(H,30,36)(H,38,39)(H2,31,32,33,34). The van der Waals surface area contributed by atoms with E-state index in [1.807, 2.05) is 60.7 Å². The zero-order chi connectivity index (χ0) is 27.4. The monoisotopic (exact) mass is 526 g/mol. The smallest absolute Gasteiger partial charge is 0.314 e. The highest BCUT2D eigenvalue weighted by Gasteiger charge is 2.44. The first kappa shape index (κ1) is 25.9. The highest BCUT2D eigenvalue weighted by Crippen LogP contribution is 2.36. The Balaban J connectivity index is 1.40. The molecule has 4 N–H and O–H groups in total. The number of hydrogen-bond acceptors (Lipinski definition) is 6. The van der Waals surface area contributed by atoms with E-state index >= 15 is 0 Å². The van der Waals surface area contributed by atoms with Gasteiger partial charge in [-0.1, -0.05) is 60.7 Å². The van der Waals surface area contributed by atoms with Crippen molar-refractivity contribution in [1.29, 1.82) is 0 Å². The van der Waals surface area contributed by atoms with Crippen LogP contribution < -0.4 is 10.6 Å². The first-order valence-corrected chi connectivity index (χ1v) is 12.9. The van der Waals surface area contributed by atoms with Crippen LogP contribution in [0, 0.1) is 0 Å². The van der Waals surface area contributed by atoms with Crippen LogP contribution in [0.5, 0.6) is 0 Å². The molecule has 4 aromatic rings. The molecule has 0 unspecified atom stereocenters. The van der Waals surface area contributed by atoms with Gasteiger partial charge in [0.1, 0.15) is 17.2 Å². The maximum Gasteiger partial charge on any atom is 0.314 e. The number of fused-ring (bicyclic) bond motifs is 1. The van der Waals surface area contributed by atoms with E-state index in [1.165, 1.54) is 6.92 Å². The van der Waals surface area contributed by atoms with Crippen molar-refractivity contribution < 1.29 is 19.5 Å². The van der Waals surface area contributed by atoms with Crippen molar-refractivity contribution in [2.75, 3.05) is 31.5 Å². The van der Waals surface area contributed by atoms with E-state index in [0.717, 1.165) is 11.1 Å². The van der Waals surface area contributed by atoms with Gasteiger partial charge in [0.25, 0.3) is 5.91 Å². The van der Waals surface area contributed by atoms with Gasteiger partial charge in [-0.15, -0.1) is 0 Å². The van der Waals surface area contributed by atoms with E-state index in [9.17, 15) is 19.5 Å². The van der Waals surface area contributed by atoms with E-state index in [2.05, 4.69) is 20.6 Å². The summed E-state index contributed by atoms with van der Waals surface area (Å²) in [7, 11) is 0. The molecule has 2 aromatic carbocycles. The average Bonchev–Trinajstić information content (AvgIpc) is 3.40. The molecule has 200 valence electrons. The van der Waals surface area contributed by atoms with Gasteiger partial charge in [0.2, 0.25) is 5.91 Å². The molecule has 39 heavy (non-hydrogen) atoms. The zero-order valence-electron chi connectivity index (χ0n) is 21.6. The molecule has 3 heterocycles. The Hall–Kier alpha value is -4.73. The largest absolute Gasteiger partial charge is 0.481 e. The summed E-state index contributed by atoms with van der Waals surface area (Å²) < 4.78 is 0. The quantitative estimate of drug-likeness (QED) is 0.258. The maximum atomic E-state index is 13.5. The number of likely N-dealkylation sites (tertiary alicyclic amines) is 1. The lowest BCUT2D eigenvalue weighted by Gasteiger charge is -2.39. The lowest BCUT2D eigenvalue weighted by atomic mass is 9.73. The van der Waals surface area contributed by atoms with Gasteiger partial charge in [-0.25, -0.2) is 9.97 Å². The van der Waals surface area contributed by atoms with Crippen LogP contribution >= 0.6 is 0 Å². The number of anilines is 1. The number of amides is 2. The van der Waals surface area contributed by atoms with E-state index in [0.29, 0.717) is 67.4 Å². The molecule has 2 aromatic heterocycles. The molecule has 0 saturated carbocycles. The molecule has 5 rings (SSSR count). The highest BCUT2D eigenvalue weighted by atomic mass is 16.4. The number of nitrogens with zero attached hydrogens (tertiary/aromatic N) is 3. The van der Waals surface area contributed by atoms with Gasteiger partial charge in [0.05, 0.1) is 10.8 Å². The zero-order valence-corrected chi connectivity index (χ0v) is 21.6. The Morgan fingerprint density at radius 3 is 2.28 bits per heavy atom. The summed E-state index contributed by atoms with van der Waals surface area (Å²) in [6.45, 7) is 2.95. The number of carboxylic acid groups (broad SMARTS) is 1. The van der Waals surface area contributed by atoms with E-state index in [4.69, 9.17) is 4.98 Å². The Morgan fingerprint density at radius 1 is 0.974 bits per heavy atom. The number of carbonyl (C=O) groups is 3. The van der Waals surface area contributed by atoms with Gasteiger partial charge in [0, 0.05) is 38.7 Å². The Labute approximate surface area is 225 Å². The van der Waals surface area contributed by atoms with Crippen molar-refractivity contribution in [2.45, 2.75) is 25.2 Å². The first-order valence-electron chi connectivity index (χ1n) is 12.9. The van der Waals surface area contributed by atoms with Crippen LogP contribution in [0.15, 0.2) is 66.7 Å². The summed E-state index contributed by atoms with van der Waals surface area (Å²) >= 11 is 0. The number of aliphatic carboxylic acids is 1. The second-order valence-corrected chi connectivity index (χ2v) is 9.66. The number of carboxylic acids is 1. The minimum Gasteiger partial charge on any atom is -0.481 e. The van der Waals surface area contributed by atoms with Crippen LogP contribution in [0.3, 0.4) is 0 Å². The molecule has 0 spiro atoms. The predicted molar refractivity (Wildman–Crippen MR) is 147 cm³/mol. The average molecular weight is 527 g/mol. The molecular weight excluding hydrogens is 496 g/mol. The molecular formula is C29H30N6O4. The van der Waals surface area contributed by atoms with Crippen LogP contribution in [-0.4, -0.2) is 68.9 Å². The third-order valence-electron chi connectivity index (χ3n) is 7.18. The summed E-state index contributed by atoms with van der Waals surface area (Å²) in [6.07, 6.45) is 0.651. The summed E-state index contributed by atoms with van der Waals surface area (Å²) in [4.78, 5) is 51.3. The van der Waals surface area contributed by atoms with Crippen LogP contribution in [0.25, 0.3) is 22.4 Å².